The number of carbonyl (C=O) groups is 1. The van der Waals surface area contributed by atoms with E-state index in [0.29, 0.717) is 6.42 Å². The summed E-state index contributed by atoms with van der Waals surface area (Å²) >= 11 is 0. The van der Waals surface area contributed by atoms with Gasteiger partial charge in [-0.3, -0.25) is 4.79 Å². The number of aliphatic hydroxyl groups excluding tert-OH is 3. The van der Waals surface area contributed by atoms with Crippen molar-refractivity contribution in [2.45, 2.75) is 283 Å². The number of hydrogen-bond acceptors (Lipinski definition) is 4. The first kappa shape index (κ1) is 53.8. The van der Waals surface area contributed by atoms with Gasteiger partial charge in [-0.05, 0) is 44.9 Å². The van der Waals surface area contributed by atoms with Crippen LogP contribution in [0.2, 0.25) is 0 Å². The van der Waals surface area contributed by atoms with E-state index in [-0.39, 0.29) is 6.61 Å². The molecule has 5 heteroatoms. The van der Waals surface area contributed by atoms with Gasteiger partial charge in [0, 0.05) is 0 Å². The van der Waals surface area contributed by atoms with E-state index in [1.165, 1.54) is 212 Å². The summed E-state index contributed by atoms with van der Waals surface area (Å²) in [5.74, 6) is -0.502. The van der Waals surface area contributed by atoms with E-state index < -0.39 is 24.2 Å². The van der Waals surface area contributed by atoms with Gasteiger partial charge in [0.15, 0.2) is 0 Å². The molecule has 3 unspecified atom stereocenters. The van der Waals surface area contributed by atoms with Gasteiger partial charge < -0.3 is 20.6 Å². The fourth-order valence-electron chi connectivity index (χ4n) is 7.65. The van der Waals surface area contributed by atoms with Gasteiger partial charge in [0.1, 0.15) is 6.10 Å². The molecular formula is C50H97NO4. The summed E-state index contributed by atoms with van der Waals surface area (Å²) in [6.07, 6.45) is 56.6. The lowest BCUT2D eigenvalue weighted by molar-refractivity contribution is -0.131. The highest BCUT2D eigenvalue weighted by molar-refractivity contribution is 5.80. The van der Waals surface area contributed by atoms with Crippen LogP contribution in [0.1, 0.15) is 264 Å². The fraction of sp³-hybridized carbons (Fsp3) is 0.900. The maximum atomic E-state index is 12.5. The molecule has 326 valence electrons. The van der Waals surface area contributed by atoms with Crippen LogP contribution in [0, 0.1) is 0 Å². The van der Waals surface area contributed by atoms with Crippen molar-refractivity contribution >= 4 is 5.91 Å². The maximum absolute atomic E-state index is 12.5. The average Bonchev–Trinajstić information content (AvgIpc) is 3.19. The first-order valence-corrected chi connectivity index (χ1v) is 24.7. The van der Waals surface area contributed by atoms with E-state index >= 15 is 0 Å². The Hall–Kier alpha value is -1.17. The Morgan fingerprint density at radius 2 is 0.727 bits per heavy atom. The van der Waals surface area contributed by atoms with Crippen LogP contribution in [0.5, 0.6) is 0 Å². The largest absolute Gasteiger partial charge is 0.394 e. The molecule has 3 atom stereocenters. The predicted molar refractivity (Wildman–Crippen MR) is 241 cm³/mol. The smallest absolute Gasteiger partial charge is 0.249 e. The molecule has 0 bridgehead atoms. The van der Waals surface area contributed by atoms with Crippen molar-refractivity contribution in [1.82, 2.24) is 5.32 Å². The number of hydrogen-bond donors (Lipinski definition) is 4. The van der Waals surface area contributed by atoms with Crippen LogP contribution in [0.4, 0.5) is 0 Å². The van der Waals surface area contributed by atoms with Gasteiger partial charge in [0.2, 0.25) is 5.91 Å². The highest BCUT2D eigenvalue weighted by atomic mass is 16.3. The average molecular weight is 776 g/mol. The quantitative estimate of drug-likeness (QED) is 0.0366. The summed E-state index contributed by atoms with van der Waals surface area (Å²) in [6.45, 7) is 4.20. The van der Waals surface area contributed by atoms with Gasteiger partial charge in [-0.15, -0.1) is 0 Å². The number of amides is 1. The third-order valence-electron chi connectivity index (χ3n) is 11.5. The Balaban J connectivity index is 3.59. The van der Waals surface area contributed by atoms with Crippen molar-refractivity contribution in [1.29, 1.82) is 0 Å². The van der Waals surface area contributed by atoms with Crippen LogP contribution >= 0.6 is 0 Å². The molecule has 0 aromatic rings. The molecule has 0 aromatic carbocycles. The molecule has 0 spiro atoms. The number of nitrogens with one attached hydrogen (secondary N) is 1. The van der Waals surface area contributed by atoms with Crippen molar-refractivity contribution in [2.24, 2.45) is 0 Å². The van der Waals surface area contributed by atoms with E-state index in [0.717, 1.165) is 32.1 Å². The van der Waals surface area contributed by atoms with Crippen molar-refractivity contribution in [3.8, 4) is 0 Å². The Morgan fingerprint density at radius 3 is 1.05 bits per heavy atom. The second kappa shape index (κ2) is 45.5. The highest BCUT2D eigenvalue weighted by Crippen LogP contribution is 2.16. The van der Waals surface area contributed by atoms with E-state index in [4.69, 9.17) is 0 Å². The molecule has 0 rings (SSSR count). The molecule has 0 aliphatic rings. The Kier molecular flexibility index (Phi) is 44.6. The number of aliphatic hydroxyl groups is 3. The standard InChI is InChI=1S/C50H97NO4/c1-3-5-7-9-11-13-15-17-19-20-21-22-23-24-25-26-27-28-29-31-33-35-37-39-41-43-45-49(54)50(55)51-47(46-52)48(53)44-42-40-38-36-34-32-30-18-16-14-12-10-8-6-4-2/h24-25,42,44,47-49,52-54H,3-23,26-41,43,45-46H2,1-2H3,(H,51,55)/b25-24-,44-42+. The third-order valence-corrected chi connectivity index (χ3v) is 11.5. The van der Waals surface area contributed by atoms with E-state index in [2.05, 4.69) is 31.3 Å². The normalized spacial score (nSPS) is 13.6. The molecule has 0 radical (unpaired) electrons. The van der Waals surface area contributed by atoms with Gasteiger partial charge in [-0.1, -0.05) is 244 Å². The summed E-state index contributed by atoms with van der Waals surface area (Å²) in [5.41, 5.74) is 0. The lowest BCUT2D eigenvalue weighted by Gasteiger charge is -2.21. The lowest BCUT2D eigenvalue weighted by atomic mass is 10.0. The zero-order valence-electron chi connectivity index (χ0n) is 37.1. The van der Waals surface area contributed by atoms with Gasteiger partial charge in [-0.2, -0.15) is 0 Å². The zero-order chi connectivity index (χ0) is 40.1. The third kappa shape index (κ3) is 40.8. The molecule has 4 N–H and O–H groups in total. The molecule has 0 aliphatic carbocycles. The van der Waals surface area contributed by atoms with E-state index in [1.807, 2.05) is 6.08 Å². The van der Waals surface area contributed by atoms with Crippen LogP contribution in [-0.2, 0) is 4.79 Å². The SMILES string of the molecule is CCCCCCCCCCCCCC/C=C\CCCCCCCCCCCCC(O)C(=O)NC(CO)C(O)/C=C/CCCCCCCCCCCCCCC. The maximum Gasteiger partial charge on any atom is 0.249 e. The summed E-state index contributed by atoms with van der Waals surface area (Å²) in [7, 11) is 0. The predicted octanol–water partition coefficient (Wildman–Crippen LogP) is 14.6. The minimum absolute atomic E-state index is 0.362. The summed E-state index contributed by atoms with van der Waals surface area (Å²) in [5, 5.41) is 33.2. The van der Waals surface area contributed by atoms with Crippen LogP contribution < -0.4 is 5.32 Å². The second-order valence-corrected chi connectivity index (χ2v) is 17.0. The molecule has 0 heterocycles. The summed E-state index contributed by atoms with van der Waals surface area (Å²) in [4.78, 5) is 12.5. The lowest BCUT2D eigenvalue weighted by Crippen LogP contribution is -2.48. The summed E-state index contributed by atoms with van der Waals surface area (Å²) < 4.78 is 0. The molecule has 0 aliphatic heterocycles. The first-order valence-electron chi connectivity index (χ1n) is 24.7. The van der Waals surface area contributed by atoms with Gasteiger partial charge in [0.05, 0.1) is 18.8 Å². The zero-order valence-corrected chi connectivity index (χ0v) is 37.1. The topological polar surface area (TPSA) is 89.8 Å². The molecule has 55 heavy (non-hydrogen) atoms. The van der Waals surface area contributed by atoms with Gasteiger partial charge in [0.25, 0.3) is 0 Å². The molecule has 0 saturated heterocycles. The minimum atomic E-state index is -1.10. The van der Waals surface area contributed by atoms with Crippen molar-refractivity contribution < 1.29 is 20.1 Å². The van der Waals surface area contributed by atoms with Crippen LogP contribution in [0.25, 0.3) is 0 Å². The van der Waals surface area contributed by atoms with Crippen molar-refractivity contribution in [3.05, 3.63) is 24.3 Å². The van der Waals surface area contributed by atoms with Crippen molar-refractivity contribution in [3.63, 3.8) is 0 Å². The van der Waals surface area contributed by atoms with Crippen LogP contribution in [0.15, 0.2) is 24.3 Å². The minimum Gasteiger partial charge on any atom is -0.394 e. The molecule has 5 nitrogen and oxygen atoms in total. The molecule has 1 amide bonds. The van der Waals surface area contributed by atoms with Crippen molar-refractivity contribution in [2.75, 3.05) is 6.61 Å². The molecule has 0 fully saturated rings. The molecule has 0 aromatic heterocycles. The number of carbonyl (C=O) groups excluding carboxylic acids is 1. The van der Waals surface area contributed by atoms with E-state index in [1.54, 1.807) is 6.08 Å². The van der Waals surface area contributed by atoms with Crippen LogP contribution in [-0.4, -0.2) is 46.1 Å². The monoisotopic (exact) mass is 776 g/mol. The summed E-state index contributed by atoms with van der Waals surface area (Å²) in [6, 6.07) is -0.796. The molecular weight excluding hydrogens is 679 g/mol. The van der Waals surface area contributed by atoms with E-state index in [9.17, 15) is 20.1 Å². The van der Waals surface area contributed by atoms with Gasteiger partial charge in [-0.25, -0.2) is 0 Å². The second-order valence-electron chi connectivity index (χ2n) is 17.0. The van der Waals surface area contributed by atoms with Gasteiger partial charge >= 0.3 is 0 Å². The first-order chi connectivity index (χ1) is 27.1. The highest BCUT2D eigenvalue weighted by Gasteiger charge is 2.22. The number of unbranched alkanes of at least 4 members (excludes halogenated alkanes) is 35. The van der Waals surface area contributed by atoms with Crippen LogP contribution in [0.3, 0.4) is 0 Å². The number of rotatable bonds is 45. The Labute approximate surface area is 343 Å². The fourth-order valence-corrected chi connectivity index (χ4v) is 7.65. The molecule has 0 saturated carbocycles. The Bertz CT molecular complexity index is 814. The Morgan fingerprint density at radius 1 is 0.436 bits per heavy atom. The number of allylic oxidation sites excluding steroid dienone is 3.